The van der Waals surface area contributed by atoms with Crippen molar-refractivity contribution < 1.29 is 33.1 Å². The van der Waals surface area contributed by atoms with E-state index in [9.17, 15) is 33.1 Å². The van der Waals surface area contributed by atoms with E-state index < -0.39 is 74.4 Å². The third-order valence-electron chi connectivity index (χ3n) is 10.4. The molecule has 1 saturated carbocycles. The number of phenols is 1. The molecular formula is C38H27Cl2F2N3O5. The van der Waals surface area contributed by atoms with Crippen molar-refractivity contribution in [1.29, 1.82) is 0 Å². The van der Waals surface area contributed by atoms with Crippen LogP contribution in [-0.4, -0.2) is 38.5 Å². The van der Waals surface area contributed by atoms with E-state index in [0.717, 1.165) is 45.4 Å². The van der Waals surface area contributed by atoms with E-state index in [-0.39, 0.29) is 24.1 Å². The lowest BCUT2D eigenvalue weighted by molar-refractivity contribution is -0.125. The van der Waals surface area contributed by atoms with Gasteiger partial charge in [0.05, 0.1) is 23.2 Å². The Morgan fingerprint density at radius 1 is 0.740 bits per heavy atom. The van der Waals surface area contributed by atoms with E-state index in [1.165, 1.54) is 18.2 Å². The third-order valence-corrected chi connectivity index (χ3v) is 11.8. The van der Waals surface area contributed by atoms with Crippen molar-refractivity contribution in [1.82, 2.24) is 0 Å². The van der Waals surface area contributed by atoms with Crippen LogP contribution in [0.5, 0.6) is 5.75 Å². The number of nitrogens with zero attached hydrogens (tertiary/aromatic N) is 2. The quantitative estimate of drug-likeness (QED) is 0.129. The standard InChI is InChI=1S/C38H27Cl2F2N3O5/c39-37-19-28-26(15-16-27-31(28)34(48)44(33(27)47)24-13-9-23(10-14-24)43-22-4-2-1-3-5-22)32(20-6-17-30(46)29(42)18-20)38(37,40)36(50)45(35(37)49)25-11-7-21(41)8-12-25/h1-15,17-18,27-28,31-32,43,46H,16,19H2/t27-,28+,31-,32-,37+,38-/m0/s1. The monoisotopic (exact) mass is 713 g/mol. The third kappa shape index (κ3) is 4.54. The summed E-state index contributed by atoms with van der Waals surface area (Å²) in [5.74, 6) is -8.76. The molecule has 2 saturated heterocycles. The number of rotatable bonds is 5. The number of phenolic OH excluding ortho intramolecular Hbond substituents is 1. The highest BCUT2D eigenvalue weighted by Crippen LogP contribution is 2.66. The van der Waals surface area contributed by atoms with E-state index in [1.807, 2.05) is 30.3 Å². The highest BCUT2D eigenvalue weighted by atomic mass is 35.5. The van der Waals surface area contributed by atoms with Gasteiger partial charge in [-0.2, -0.15) is 0 Å². The number of alkyl halides is 2. The van der Waals surface area contributed by atoms with Crippen molar-refractivity contribution >= 4 is 69.6 Å². The van der Waals surface area contributed by atoms with Gasteiger partial charge >= 0.3 is 0 Å². The second-order valence-electron chi connectivity index (χ2n) is 13.0. The average Bonchev–Trinajstić information content (AvgIpc) is 3.45. The van der Waals surface area contributed by atoms with Gasteiger partial charge in [0.15, 0.2) is 21.3 Å². The van der Waals surface area contributed by atoms with Gasteiger partial charge in [0.2, 0.25) is 11.8 Å². The maximum atomic E-state index is 14.9. The highest BCUT2D eigenvalue weighted by Gasteiger charge is 2.76. The van der Waals surface area contributed by atoms with Crippen LogP contribution in [0.2, 0.25) is 0 Å². The molecule has 0 radical (unpaired) electrons. The summed E-state index contributed by atoms with van der Waals surface area (Å²) in [5, 5.41) is 13.3. The normalized spacial score (nSPS) is 28.7. The zero-order valence-corrected chi connectivity index (χ0v) is 27.5. The smallest absolute Gasteiger partial charge is 0.258 e. The fraction of sp³-hybridized carbons (Fsp3) is 0.211. The van der Waals surface area contributed by atoms with Gasteiger partial charge in [0.25, 0.3) is 11.8 Å². The summed E-state index contributed by atoms with van der Waals surface area (Å²) in [6.07, 6.45) is 1.58. The Labute approximate surface area is 294 Å². The van der Waals surface area contributed by atoms with Crippen molar-refractivity contribution in [2.75, 3.05) is 15.1 Å². The number of carbonyl (C=O) groups excluding carboxylic acids is 4. The van der Waals surface area contributed by atoms with E-state index in [4.69, 9.17) is 23.2 Å². The first kappa shape index (κ1) is 32.2. The first-order chi connectivity index (χ1) is 23.9. The van der Waals surface area contributed by atoms with Crippen LogP contribution >= 0.6 is 23.2 Å². The van der Waals surface area contributed by atoms with Gasteiger partial charge in [0, 0.05) is 17.3 Å². The zero-order chi connectivity index (χ0) is 35.1. The second kappa shape index (κ2) is 11.5. The van der Waals surface area contributed by atoms with Gasteiger partial charge in [-0.25, -0.2) is 13.7 Å². The van der Waals surface area contributed by atoms with Crippen LogP contribution in [0.25, 0.3) is 0 Å². The predicted octanol–water partition coefficient (Wildman–Crippen LogP) is 7.18. The van der Waals surface area contributed by atoms with Crippen molar-refractivity contribution in [2.45, 2.75) is 28.5 Å². The molecule has 4 aromatic rings. The van der Waals surface area contributed by atoms with Gasteiger partial charge in [-0.1, -0.05) is 35.9 Å². The minimum absolute atomic E-state index is 0.0322. The lowest BCUT2D eigenvalue weighted by Crippen LogP contribution is -2.60. The van der Waals surface area contributed by atoms with Gasteiger partial charge in [0.1, 0.15) is 5.82 Å². The molecule has 8 nitrogen and oxygen atoms in total. The highest BCUT2D eigenvalue weighted by molar-refractivity contribution is 6.58. The number of benzene rings is 4. The number of aromatic hydroxyl groups is 1. The molecule has 4 aromatic carbocycles. The van der Waals surface area contributed by atoms with Crippen LogP contribution < -0.4 is 15.1 Å². The molecule has 2 aliphatic carbocycles. The van der Waals surface area contributed by atoms with Gasteiger partial charge in [-0.3, -0.25) is 24.1 Å². The largest absolute Gasteiger partial charge is 0.505 e. The first-order valence-electron chi connectivity index (χ1n) is 15.9. The van der Waals surface area contributed by atoms with Crippen LogP contribution in [0.4, 0.5) is 31.5 Å². The Morgan fingerprint density at radius 3 is 2.06 bits per heavy atom. The summed E-state index contributed by atoms with van der Waals surface area (Å²) in [5.41, 5.74) is 2.62. The SMILES string of the molecule is O=C1[C@H]2[C@H](CC=C3[C@H]2C[C@@]2(Cl)C(=O)N(c4ccc(F)cc4)C(=O)[C@@]2(Cl)[C@H]3c2ccc(O)c(F)c2)C(=O)N1c1ccc(Nc2ccccc2)cc1. The molecule has 6 atom stereocenters. The summed E-state index contributed by atoms with van der Waals surface area (Å²) >= 11 is 14.6. The molecule has 0 spiro atoms. The Balaban J connectivity index is 1.20. The van der Waals surface area contributed by atoms with Crippen LogP contribution in [-0.2, 0) is 19.2 Å². The van der Waals surface area contributed by atoms with E-state index in [2.05, 4.69) is 5.32 Å². The van der Waals surface area contributed by atoms with Crippen LogP contribution in [0.3, 0.4) is 0 Å². The lowest BCUT2D eigenvalue weighted by Gasteiger charge is -2.50. The molecule has 2 N–H and O–H groups in total. The van der Waals surface area contributed by atoms with Gasteiger partial charge in [-0.05, 0) is 97.1 Å². The number of allylic oxidation sites excluding steroid dienone is 2. The molecule has 12 heteroatoms. The Morgan fingerprint density at radius 2 is 1.38 bits per heavy atom. The number of imide groups is 2. The van der Waals surface area contributed by atoms with Crippen LogP contribution in [0.15, 0.2) is 109 Å². The van der Waals surface area contributed by atoms with Crippen LogP contribution in [0.1, 0.15) is 24.3 Å². The fourth-order valence-corrected chi connectivity index (χ4v) is 9.05. The molecule has 8 rings (SSSR count). The number of hydrogen-bond donors (Lipinski definition) is 2. The number of fused-ring (bicyclic) bond motifs is 4. The van der Waals surface area contributed by atoms with E-state index in [1.54, 1.807) is 30.3 Å². The van der Waals surface area contributed by atoms with Gasteiger partial charge < -0.3 is 10.4 Å². The van der Waals surface area contributed by atoms with Crippen molar-refractivity contribution in [2.24, 2.45) is 17.8 Å². The summed E-state index contributed by atoms with van der Waals surface area (Å²) in [6, 6.07) is 24.5. The topological polar surface area (TPSA) is 107 Å². The molecular weight excluding hydrogens is 687 g/mol. The molecule has 50 heavy (non-hydrogen) atoms. The number of hydrogen-bond acceptors (Lipinski definition) is 6. The average molecular weight is 715 g/mol. The number of para-hydroxylation sites is 1. The van der Waals surface area contributed by atoms with E-state index >= 15 is 0 Å². The maximum Gasteiger partial charge on any atom is 0.258 e. The van der Waals surface area contributed by atoms with Crippen molar-refractivity contribution in [3.8, 4) is 5.75 Å². The summed E-state index contributed by atoms with van der Waals surface area (Å²) in [7, 11) is 0. The first-order valence-corrected chi connectivity index (χ1v) is 16.7. The molecule has 4 aliphatic rings. The molecule has 3 fully saturated rings. The predicted molar refractivity (Wildman–Crippen MR) is 183 cm³/mol. The number of halogens is 4. The minimum atomic E-state index is -2.22. The lowest BCUT2D eigenvalue weighted by atomic mass is 9.56. The molecule has 4 amide bonds. The van der Waals surface area contributed by atoms with Crippen LogP contribution in [0, 0.1) is 29.4 Å². The second-order valence-corrected chi connectivity index (χ2v) is 14.3. The fourth-order valence-electron chi connectivity index (χ4n) is 8.11. The molecule has 0 unspecified atom stereocenters. The Kier molecular flexibility index (Phi) is 7.40. The van der Waals surface area contributed by atoms with Crippen molar-refractivity contribution in [3.05, 3.63) is 126 Å². The number of amides is 4. The number of carbonyl (C=O) groups is 4. The van der Waals surface area contributed by atoms with Gasteiger partial charge in [-0.15, -0.1) is 23.2 Å². The molecule has 0 aromatic heterocycles. The molecule has 0 bridgehead atoms. The number of anilines is 4. The summed E-state index contributed by atoms with van der Waals surface area (Å²) in [6.45, 7) is 0. The zero-order valence-electron chi connectivity index (χ0n) is 26.0. The minimum Gasteiger partial charge on any atom is -0.505 e. The Bertz CT molecular complexity index is 2130. The summed E-state index contributed by atoms with van der Waals surface area (Å²) < 4.78 is 28.8. The maximum absolute atomic E-state index is 14.9. The van der Waals surface area contributed by atoms with E-state index in [0.29, 0.717) is 11.3 Å². The molecule has 2 heterocycles. The summed E-state index contributed by atoms with van der Waals surface area (Å²) in [4.78, 5) is 54.6. The molecule has 2 aliphatic heterocycles. The van der Waals surface area contributed by atoms with Crippen molar-refractivity contribution in [3.63, 3.8) is 0 Å². The number of nitrogens with one attached hydrogen (secondary N) is 1. The molecule has 252 valence electrons. The Hall–Kier alpha value is -5.06.